The van der Waals surface area contributed by atoms with E-state index in [1.54, 1.807) is 24.3 Å². The van der Waals surface area contributed by atoms with E-state index < -0.39 is 0 Å². The van der Waals surface area contributed by atoms with Gasteiger partial charge in [-0.25, -0.2) is 9.97 Å². The van der Waals surface area contributed by atoms with E-state index in [-0.39, 0.29) is 11.3 Å². The lowest BCUT2D eigenvalue weighted by Crippen LogP contribution is -2.21. The zero-order chi connectivity index (χ0) is 19.9. The fraction of sp³-hybridized carbons (Fsp3) is 0.182. The first-order valence-corrected chi connectivity index (χ1v) is 9.02. The molecule has 142 valence electrons. The number of rotatable bonds is 3. The second-order valence-electron chi connectivity index (χ2n) is 7.66. The molecule has 0 saturated heterocycles. The summed E-state index contributed by atoms with van der Waals surface area (Å²) in [6, 6.07) is 14.4. The maximum Gasteiger partial charge on any atom is 0.146 e. The second kappa shape index (κ2) is 6.56. The molecular formula is C22H22N4O2. The lowest BCUT2D eigenvalue weighted by Gasteiger charge is -2.21. The molecule has 0 fully saturated rings. The number of benzene rings is 2. The summed E-state index contributed by atoms with van der Waals surface area (Å²) in [6.07, 6.45) is 3.57. The first-order chi connectivity index (χ1) is 13.3. The van der Waals surface area contributed by atoms with Crippen molar-refractivity contribution in [3.05, 3.63) is 61.1 Å². The smallest absolute Gasteiger partial charge is 0.146 e. The normalized spacial score (nSPS) is 11.7. The van der Waals surface area contributed by atoms with Crippen LogP contribution in [0.4, 0.5) is 5.82 Å². The Labute approximate surface area is 163 Å². The molecule has 0 amide bonds. The van der Waals surface area contributed by atoms with Gasteiger partial charge >= 0.3 is 0 Å². The molecule has 6 heteroatoms. The van der Waals surface area contributed by atoms with E-state index in [9.17, 15) is 5.11 Å². The quantitative estimate of drug-likeness (QED) is 0.531. The minimum Gasteiger partial charge on any atom is -0.508 e. The standard InChI is InChI=1S/C22H22N4O2/c1-22(2,3)26-12-18(19-20(23)24-13-25-21(19)26)14-7-9-16(10-8-14)28-17-6-4-5-15(27)11-17/h4-13,27H,1-3H3,(H2,23,24,25). The van der Waals surface area contributed by atoms with Gasteiger partial charge in [-0.15, -0.1) is 0 Å². The van der Waals surface area contributed by atoms with E-state index in [0.717, 1.165) is 22.2 Å². The van der Waals surface area contributed by atoms with Crippen molar-refractivity contribution in [2.45, 2.75) is 26.3 Å². The monoisotopic (exact) mass is 374 g/mol. The molecule has 0 radical (unpaired) electrons. The predicted octanol–water partition coefficient (Wildman–Crippen LogP) is 4.93. The highest BCUT2D eigenvalue weighted by Crippen LogP contribution is 2.36. The number of nitrogen functional groups attached to an aromatic ring is 1. The maximum absolute atomic E-state index is 9.57. The van der Waals surface area contributed by atoms with Gasteiger partial charge < -0.3 is 20.1 Å². The van der Waals surface area contributed by atoms with Crippen molar-refractivity contribution in [3.8, 4) is 28.4 Å². The zero-order valence-corrected chi connectivity index (χ0v) is 16.0. The minimum atomic E-state index is -0.143. The maximum atomic E-state index is 9.57. The molecule has 0 spiro atoms. The summed E-state index contributed by atoms with van der Waals surface area (Å²) in [5.74, 6) is 1.88. The lowest BCUT2D eigenvalue weighted by atomic mass is 10.1. The van der Waals surface area contributed by atoms with Crippen LogP contribution in [0.25, 0.3) is 22.2 Å². The van der Waals surface area contributed by atoms with Crippen molar-refractivity contribution >= 4 is 16.9 Å². The summed E-state index contributed by atoms with van der Waals surface area (Å²) in [5.41, 5.74) is 8.83. The second-order valence-corrected chi connectivity index (χ2v) is 7.66. The van der Waals surface area contributed by atoms with Gasteiger partial charge in [0.1, 0.15) is 35.0 Å². The Morgan fingerprint density at radius 3 is 2.43 bits per heavy atom. The number of fused-ring (bicyclic) bond motifs is 1. The van der Waals surface area contributed by atoms with Crippen molar-refractivity contribution in [1.29, 1.82) is 0 Å². The van der Waals surface area contributed by atoms with Crippen molar-refractivity contribution in [2.24, 2.45) is 0 Å². The summed E-state index contributed by atoms with van der Waals surface area (Å²) in [7, 11) is 0. The summed E-state index contributed by atoms with van der Waals surface area (Å²) >= 11 is 0. The van der Waals surface area contributed by atoms with Gasteiger partial charge in [0.25, 0.3) is 0 Å². The third-order valence-electron chi connectivity index (χ3n) is 4.55. The van der Waals surface area contributed by atoms with Crippen LogP contribution in [0, 0.1) is 0 Å². The lowest BCUT2D eigenvalue weighted by molar-refractivity contribution is 0.408. The predicted molar refractivity (Wildman–Crippen MR) is 111 cm³/mol. The van der Waals surface area contributed by atoms with Crippen LogP contribution in [0.3, 0.4) is 0 Å². The minimum absolute atomic E-state index is 0.143. The van der Waals surface area contributed by atoms with Crippen LogP contribution in [0.15, 0.2) is 61.1 Å². The van der Waals surface area contributed by atoms with Crippen molar-refractivity contribution in [1.82, 2.24) is 14.5 Å². The number of phenols is 1. The Hall–Kier alpha value is -3.54. The number of hydrogen-bond acceptors (Lipinski definition) is 5. The van der Waals surface area contributed by atoms with Crippen LogP contribution in [0.2, 0.25) is 0 Å². The number of nitrogens with two attached hydrogens (primary N) is 1. The van der Waals surface area contributed by atoms with Gasteiger partial charge in [-0.3, -0.25) is 0 Å². The van der Waals surface area contributed by atoms with E-state index in [2.05, 4.69) is 41.5 Å². The van der Waals surface area contributed by atoms with Crippen LogP contribution in [-0.4, -0.2) is 19.6 Å². The van der Waals surface area contributed by atoms with Crippen LogP contribution in [-0.2, 0) is 5.54 Å². The van der Waals surface area contributed by atoms with Crippen LogP contribution in [0.1, 0.15) is 20.8 Å². The van der Waals surface area contributed by atoms with Gasteiger partial charge in [-0.05, 0) is 50.6 Å². The number of nitrogens with zero attached hydrogens (tertiary/aromatic N) is 3. The molecule has 0 aliphatic carbocycles. The Kier molecular flexibility index (Phi) is 4.19. The number of phenolic OH excluding ortho intramolecular Hbond substituents is 1. The molecule has 3 N–H and O–H groups in total. The fourth-order valence-corrected chi connectivity index (χ4v) is 3.20. The van der Waals surface area contributed by atoms with Gasteiger partial charge in [0.15, 0.2) is 0 Å². The van der Waals surface area contributed by atoms with Crippen molar-refractivity contribution in [3.63, 3.8) is 0 Å². The van der Waals surface area contributed by atoms with Gasteiger partial charge in [0, 0.05) is 23.4 Å². The van der Waals surface area contributed by atoms with Crippen LogP contribution < -0.4 is 10.5 Å². The third-order valence-corrected chi connectivity index (χ3v) is 4.55. The molecule has 2 aromatic heterocycles. The number of anilines is 1. The average Bonchev–Trinajstić information content (AvgIpc) is 3.04. The summed E-state index contributed by atoms with van der Waals surface area (Å²) in [5, 5.41) is 10.4. The van der Waals surface area contributed by atoms with E-state index >= 15 is 0 Å². The highest BCUT2D eigenvalue weighted by atomic mass is 16.5. The molecule has 0 atom stereocenters. The Morgan fingerprint density at radius 2 is 1.75 bits per heavy atom. The first kappa shape index (κ1) is 17.9. The fourth-order valence-electron chi connectivity index (χ4n) is 3.20. The molecule has 0 aliphatic heterocycles. The molecule has 0 unspecified atom stereocenters. The highest BCUT2D eigenvalue weighted by molar-refractivity contribution is 6.00. The number of aromatic hydroxyl groups is 1. The van der Waals surface area contributed by atoms with Crippen LogP contribution in [0.5, 0.6) is 17.2 Å². The van der Waals surface area contributed by atoms with Gasteiger partial charge in [-0.2, -0.15) is 0 Å². The summed E-state index contributed by atoms with van der Waals surface area (Å²) in [6.45, 7) is 6.38. The van der Waals surface area contributed by atoms with E-state index in [1.165, 1.54) is 6.33 Å². The Morgan fingerprint density at radius 1 is 1.00 bits per heavy atom. The van der Waals surface area contributed by atoms with Gasteiger partial charge in [0.05, 0.1) is 5.39 Å². The molecule has 2 heterocycles. The Balaban J connectivity index is 1.74. The highest BCUT2D eigenvalue weighted by Gasteiger charge is 2.21. The summed E-state index contributed by atoms with van der Waals surface area (Å²) < 4.78 is 7.92. The summed E-state index contributed by atoms with van der Waals surface area (Å²) in [4.78, 5) is 8.64. The van der Waals surface area contributed by atoms with Gasteiger partial charge in [0.2, 0.25) is 0 Å². The molecule has 0 aliphatic rings. The molecule has 4 rings (SSSR count). The molecule has 4 aromatic rings. The first-order valence-electron chi connectivity index (χ1n) is 9.02. The largest absolute Gasteiger partial charge is 0.508 e. The molecule has 6 nitrogen and oxygen atoms in total. The topological polar surface area (TPSA) is 86.2 Å². The average molecular weight is 374 g/mol. The van der Waals surface area contributed by atoms with E-state index in [1.807, 2.05) is 24.3 Å². The third kappa shape index (κ3) is 3.24. The zero-order valence-electron chi connectivity index (χ0n) is 16.0. The molecule has 0 bridgehead atoms. The van der Waals surface area contributed by atoms with E-state index in [0.29, 0.717) is 17.3 Å². The number of hydrogen-bond donors (Lipinski definition) is 2. The van der Waals surface area contributed by atoms with Crippen molar-refractivity contribution in [2.75, 3.05) is 5.73 Å². The van der Waals surface area contributed by atoms with Gasteiger partial charge in [-0.1, -0.05) is 18.2 Å². The number of aromatic nitrogens is 3. The SMILES string of the molecule is CC(C)(C)n1cc(-c2ccc(Oc3cccc(O)c3)cc2)c2c(N)ncnc21. The number of ether oxygens (including phenoxy) is 1. The van der Waals surface area contributed by atoms with Crippen LogP contribution >= 0.6 is 0 Å². The van der Waals surface area contributed by atoms with Crippen molar-refractivity contribution < 1.29 is 9.84 Å². The molecule has 2 aromatic carbocycles. The molecule has 0 saturated carbocycles. The molecular weight excluding hydrogens is 352 g/mol. The Bertz CT molecular complexity index is 1140. The van der Waals surface area contributed by atoms with E-state index in [4.69, 9.17) is 10.5 Å². The molecule has 28 heavy (non-hydrogen) atoms.